The van der Waals surface area contributed by atoms with Crippen LogP contribution in [0.5, 0.6) is 5.75 Å². The highest BCUT2D eigenvalue weighted by Gasteiger charge is 2.44. The van der Waals surface area contributed by atoms with Crippen LogP contribution in [0, 0.1) is 11.8 Å². The topological polar surface area (TPSA) is 292 Å². The van der Waals surface area contributed by atoms with Gasteiger partial charge in [-0.3, -0.25) is 33.7 Å². The number of methoxy groups -OCH3 is 1. The summed E-state index contributed by atoms with van der Waals surface area (Å²) >= 11 is 0. The number of fused-ring (bicyclic) bond motifs is 2. The fourth-order valence-corrected chi connectivity index (χ4v) is 11.5. The van der Waals surface area contributed by atoms with Crippen LogP contribution in [0.3, 0.4) is 0 Å². The number of nitrogens with two attached hydrogens (primary N) is 1. The average molecular weight is 1150 g/mol. The second-order valence-corrected chi connectivity index (χ2v) is 22.3. The smallest absolute Gasteiger partial charge is 0.332 e. The number of likely N-dealkylation sites (tertiary alicyclic amines) is 1. The number of hydrogen-bond acceptors (Lipinski definition) is 15. The molecule has 2 atom stereocenters. The Bertz CT molecular complexity index is 3600. The second kappa shape index (κ2) is 25.0. The number of benzene rings is 3. The van der Waals surface area contributed by atoms with E-state index in [2.05, 4.69) is 60.9 Å². The molecule has 4 fully saturated rings. The number of piperidine rings is 2. The molecule has 84 heavy (non-hydrogen) atoms. The minimum Gasteiger partial charge on any atom is -0.495 e. The zero-order valence-corrected chi connectivity index (χ0v) is 47.7. The Morgan fingerprint density at radius 1 is 0.929 bits per heavy atom. The highest BCUT2D eigenvalue weighted by molar-refractivity contribution is 6.06. The second-order valence-electron chi connectivity index (χ2n) is 22.3. The van der Waals surface area contributed by atoms with Crippen LogP contribution >= 0.6 is 0 Å². The zero-order chi connectivity index (χ0) is 59.3. The van der Waals surface area contributed by atoms with Gasteiger partial charge in [-0.2, -0.15) is 0 Å². The maximum atomic E-state index is 13.8. The summed E-state index contributed by atoms with van der Waals surface area (Å²) in [6, 6.07) is 21.5. The molecule has 6 heterocycles. The summed E-state index contributed by atoms with van der Waals surface area (Å²) in [5.74, 6) is 3.99. The number of pyridine rings is 1. The number of primary amides is 1. The predicted molar refractivity (Wildman–Crippen MR) is 314 cm³/mol. The summed E-state index contributed by atoms with van der Waals surface area (Å²) < 4.78 is 14.1. The van der Waals surface area contributed by atoms with E-state index in [0.717, 1.165) is 110 Å². The number of nitrogens with zero attached hydrogens (tertiary/aromatic N) is 7. The van der Waals surface area contributed by atoms with Crippen molar-refractivity contribution in [3.05, 3.63) is 112 Å². The molecule has 1 saturated carbocycles. The molecule has 1 aliphatic carbocycles. The molecule has 4 aliphatic rings. The highest BCUT2D eigenvalue weighted by atomic mass is 16.5. The first-order valence-electron chi connectivity index (χ1n) is 28.4. The van der Waals surface area contributed by atoms with Crippen LogP contribution in [0.4, 0.5) is 16.4 Å². The van der Waals surface area contributed by atoms with E-state index in [0.29, 0.717) is 46.7 Å². The zero-order valence-electron chi connectivity index (χ0n) is 47.7. The maximum absolute atomic E-state index is 13.8. The number of carbonyl (C=O) groups is 6. The number of aliphatic hydroxyl groups excluding tert-OH is 1. The number of nitrogens with one attached hydrogen (secondary N) is 5. The van der Waals surface area contributed by atoms with E-state index in [1.807, 2.05) is 54.7 Å². The van der Waals surface area contributed by atoms with Crippen molar-refractivity contribution in [3.8, 4) is 28.7 Å². The lowest BCUT2D eigenvalue weighted by molar-refractivity contribution is -0.132. The number of rotatable bonds is 20. The number of anilines is 2. The summed E-state index contributed by atoms with van der Waals surface area (Å²) in [6.45, 7) is 5.86. The minimum atomic E-state index is -1.28. The van der Waals surface area contributed by atoms with Gasteiger partial charge < -0.3 is 60.9 Å². The summed E-state index contributed by atoms with van der Waals surface area (Å²) in [5.41, 5.74) is 9.14. The van der Waals surface area contributed by atoms with Crippen molar-refractivity contribution >= 4 is 69.0 Å². The van der Waals surface area contributed by atoms with Gasteiger partial charge >= 0.3 is 6.03 Å². The van der Waals surface area contributed by atoms with Crippen LogP contribution in [0.2, 0.25) is 0 Å². The molecule has 3 saturated heterocycles. The number of urea groups is 1. The van der Waals surface area contributed by atoms with Gasteiger partial charge in [-0.15, -0.1) is 0 Å². The monoisotopic (exact) mass is 1150 g/mol. The number of amides is 7. The molecule has 10 rings (SSSR count). The molecule has 440 valence electrons. The average Bonchev–Trinajstić information content (AvgIpc) is 1.69. The van der Waals surface area contributed by atoms with Gasteiger partial charge in [-0.1, -0.05) is 48.2 Å². The van der Waals surface area contributed by atoms with E-state index in [4.69, 9.17) is 25.2 Å². The Hall–Kier alpha value is -8.69. The van der Waals surface area contributed by atoms with Gasteiger partial charge in [0, 0.05) is 99.0 Å². The van der Waals surface area contributed by atoms with Gasteiger partial charge in [0.15, 0.2) is 5.60 Å². The Kier molecular flexibility index (Phi) is 17.4. The lowest BCUT2D eigenvalue weighted by atomic mass is 9.87. The van der Waals surface area contributed by atoms with E-state index in [1.165, 1.54) is 12.0 Å². The molecule has 8 N–H and O–H groups in total. The molecule has 3 aromatic heterocycles. The molecule has 23 nitrogen and oxygen atoms in total. The fourth-order valence-electron chi connectivity index (χ4n) is 11.5. The van der Waals surface area contributed by atoms with E-state index >= 15 is 0 Å². The Balaban J connectivity index is 0.759. The van der Waals surface area contributed by atoms with Crippen molar-refractivity contribution in [2.75, 3.05) is 76.0 Å². The molecule has 0 bridgehead atoms. The molecule has 3 aromatic carbocycles. The lowest BCUT2D eigenvalue weighted by Crippen LogP contribution is -2.56. The summed E-state index contributed by atoms with van der Waals surface area (Å²) in [5, 5.41) is 23.9. The highest BCUT2D eigenvalue weighted by Crippen LogP contribution is 2.44. The largest absolute Gasteiger partial charge is 0.495 e. The van der Waals surface area contributed by atoms with Crippen molar-refractivity contribution < 1.29 is 43.3 Å². The first kappa shape index (κ1) is 58.5. The van der Waals surface area contributed by atoms with Gasteiger partial charge in [-0.05, 0) is 93.0 Å². The molecule has 0 radical (unpaired) electrons. The predicted octanol–water partition coefficient (Wildman–Crippen LogP) is 3.09. The van der Waals surface area contributed by atoms with Crippen LogP contribution in [-0.2, 0) is 41.4 Å². The van der Waals surface area contributed by atoms with Crippen LogP contribution < -0.4 is 47.1 Å². The van der Waals surface area contributed by atoms with Crippen molar-refractivity contribution in [2.45, 2.75) is 94.5 Å². The molecular formula is C61H71N13O10. The number of aliphatic hydroxyl groups is 1. The fraction of sp³-hybridized carbons (Fsp3) is 0.426. The van der Waals surface area contributed by atoms with E-state index < -0.39 is 66.8 Å². The third-order valence-electron chi connectivity index (χ3n) is 16.4. The molecule has 0 unspecified atom stereocenters. The van der Waals surface area contributed by atoms with Crippen LogP contribution in [0.15, 0.2) is 90.0 Å². The van der Waals surface area contributed by atoms with Crippen molar-refractivity contribution in [1.29, 1.82) is 0 Å². The third kappa shape index (κ3) is 12.8. The standard InChI is InChI=1S/C61H71N13O10/c1-38(76)67-48(33-51(62)77)56(80)64-34-52(78)65-37-74-53(79)21-28-73(59(74)82)49-31-39(12-17-50(49)83-4)9-8-24-66-60(2)22-29-71(30-23-60)42-19-26-72(27-20-42)58-68-47-16-13-40(46-35-70(3)57(81)54-44(46)18-25-63-54)32-45(47)55(69-58)61(36-75,84-43-14-15-43)41-10-6-5-7-11-41/h5-7,10-13,16-18,25,31-32,35,42-43,48,63,66,75H,14-15,19-24,26-30,33-34,36-37H2,1-4H3,(H2,62,77)(H,64,80)(H,65,78)(H,67,76)/t48-,61-/m0/s1. The number of imide groups is 1. The summed E-state index contributed by atoms with van der Waals surface area (Å²) in [4.78, 5) is 109. The van der Waals surface area contributed by atoms with Gasteiger partial charge in [0.25, 0.3) is 5.56 Å². The third-order valence-corrected chi connectivity index (χ3v) is 16.4. The maximum Gasteiger partial charge on any atom is 0.332 e. The molecule has 0 spiro atoms. The van der Waals surface area contributed by atoms with Crippen molar-refractivity contribution in [2.24, 2.45) is 12.8 Å². The first-order valence-corrected chi connectivity index (χ1v) is 28.4. The SMILES string of the molecule is COc1ccc(C#CCNC2(C)CCN(C3CCN(c4nc([C@@](CO)(OC5CC5)c5ccccc5)c5cc(-c6cn(C)c(=O)c7[nH]ccc67)ccc5n4)CC3)CC2)cc1N1CCC(=O)N(CNC(=O)CNC(=O)[C@H](CC(N)=O)NC(C)=O)C1=O. The summed E-state index contributed by atoms with van der Waals surface area (Å²) in [7, 11) is 3.22. The lowest BCUT2D eigenvalue weighted by Gasteiger charge is -2.45. The van der Waals surface area contributed by atoms with E-state index in [-0.39, 0.29) is 36.8 Å². The number of aromatic amines is 1. The van der Waals surface area contributed by atoms with Crippen molar-refractivity contribution in [1.82, 2.24) is 50.6 Å². The minimum absolute atomic E-state index is 0.0199. The van der Waals surface area contributed by atoms with Crippen LogP contribution in [0.1, 0.15) is 82.0 Å². The molecular weight excluding hydrogens is 1070 g/mol. The molecule has 3 aliphatic heterocycles. The number of ether oxygens (including phenoxy) is 2. The quantitative estimate of drug-likeness (QED) is 0.0541. The number of H-pyrrole nitrogens is 1. The molecule has 6 aromatic rings. The van der Waals surface area contributed by atoms with Crippen LogP contribution in [0.25, 0.3) is 32.9 Å². The van der Waals surface area contributed by atoms with E-state index in [9.17, 15) is 38.7 Å². The Morgan fingerprint density at radius 2 is 1.69 bits per heavy atom. The number of hydrogen-bond donors (Lipinski definition) is 7. The van der Waals surface area contributed by atoms with Crippen molar-refractivity contribution in [3.63, 3.8) is 0 Å². The van der Waals surface area contributed by atoms with Gasteiger partial charge in [0.1, 0.15) is 24.0 Å². The Morgan fingerprint density at radius 3 is 2.39 bits per heavy atom. The van der Waals surface area contributed by atoms with Gasteiger partial charge in [0.2, 0.25) is 35.5 Å². The van der Waals surface area contributed by atoms with E-state index in [1.54, 1.807) is 36.0 Å². The molecule has 7 amide bonds. The first-order chi connectivity index (χ1) is 40.5. The van der Waals surface area contributed by atoms with Crippen LogP contribution in [-0.4, -0.2) is 160 Å². The summed E-state index contributed by atoms with van der Waals surface area (Å²) in [6.07, 6.45) is 8.61. The van der Waals surface area contributed by atoms with Gasteiger partial charge in [0.05, 0.1) is 56.2 Å². The van der Waals surface area contributed by atoms with Gasteiger partial charge in [-0.25, -0.2) is 19.7 Å². The Labute approximate surface area is 485 Å². The molecule has 23 heteroatoms. The number of aryl methyl sites for hydroxylation is 1. The number of aromatic nitrogens is 4. The normalized spacial score (nSPS) is 17.8. The number of carbonyl (C=O) groups excluding carboxylic acids is 6.